The molecular weight excluding hydrogens is 370 g/mol. The summed E-state index contributed by atoms with van der Waals surface area (Å²) in [5.74, 6) is -0.317. The minimum atomic E-state index is -0.306. The largest absolute Gasteiger partial charge is 0.333 e. The smallest absolute Gasteiger partial charge is 0.255 e. The molecule has 1 atom stereocenters. The first-order chi connectivity index (χ1) is 8.09. The molecule has 1 amide bonds. The van der Waals surface area contributed by atoms with E-state index in [0.29, 0.717) is 15.7 Å². The normalized spacial score (nSPS) is 19.3. The van der Waals surface area contributed by atoms with E-state index in [9.17, 15) is 9.18 Å². The fraction of sp³-hybridized carbons (Fsp3) is 0.417. The van der Waals surface area contributed by atoms with Crippen molar-refractivity contribution in [2.24, 2.45) is 0 Å². The van der Waals surface area contributed by atoms with Gasteiger partial charge in [-0.1, -0.05) is 0 Å². The van der Waals surface area contributed by atoms with E-state index in [1.54, 1.807) is 6.07 Å². The monoisotopic (exact) mass is 384 g/mol. The molecule has 0 aromatic heterocycles. The Morgan fingerprint density at radius 2 is 2.28 bits per heavy atom. The Kier molecular flexibility index (Phi) is 5.81. The summed E-state index contributed by atoms with van der Waals surface area (Å²) in [6, 6.07) is 4.47. The number of benzene rings is 1. The van der Waals surface area contributed by atoms with Crippen molar-refractivity contribution >= 4 is 40.9 Å². The predicted molar refractivity (Wildman–Crippen MR) is 79.7 cm³/mol. The maximum Gasteiger partial charge on any atom is 0.255 e. The van der Waals surface area contributed by atoms with E-state index in [2.05, 4.69) is 5.32 Å². The van der Waals surface area contributed by atoms with Crippen LogP contribution in [0.5, 0.6) is 0 Å². The average Bonchev–Trinajstić information content (AvgIpc) is 2.29. The van der Waals surface area contributed by atoms with Crippen LogP contribution in [-0.4, -0.2) is 36.5 Å². The Morgan fingerprint density at radius 1 is 1.56 bits per heavy atom. The third kappa shape index (κ3) is 3.33. The molecule has 0 spiro atoms. The van der Waals surface area contributed by atoms with Crippen molar-refractivity contribution in [2.45, 2.75) is 13.0 Å². The van der Waals surface area contributed by atoms with Gasteiger partial charge in [0.1, 0.15) is 5.82 Å². The van der Waals surface area contributed by atoms with Gasteiger partial charge >= 0.3 is 0 Å². The summed E-state index contributed by atoms with van der Waals surface area (Å²) < 4.78 is 13.7. The molecule has 100 valence electrons. The summed E-state index contributed by atoms with van der Waals surface area (Å²) in [6.07, 6.45) is 0. The highest BCUT2D eigenvalue weighted by Gasteiger charge is 2.25. The van der Waals surface area contributed by atoms with Crippen molar-refractivity contribution in [1.29, 1.82) is 0 Å². The Hall–Kier alpha value is -0.400. The van der Waals surface area contributed by atoms with E-state index < -0.39 is 0 Å². The quantitative estimate of drug-likeness (QED) is 0.754. The van der Waals surface area contributed by atoms with Gasteiger partial charge in [-0.3, -0.25) is 4.79 Å². The zero-order valence-electron chi connectivity index (χ0n) is 9.95. The Bertz CT molecular complexity index is 444. The lowest BCUT2D eigenvalue weighted by molar-refractivity contribution is 0.0654. The van der Waals surface area contributed by atoms with Gasteiger partial charge in [-0.2, -0.15) is 0 Å². The number of piperazine rings is 1. The number of amides is 1. The van der Waals surface area contributed by atoms with Crippen molar-refractivity contribution in [3.63, 3.8) is 0 Å². The van der Waals surface area contributed by atoms with E-state index in [1.807, 2.05) is 34.4 Å². The molecule has 1 N–H and O–H groups in total. The average molecular weight is 385 g/mol. The maximum atomic E-state index is 13.0. The van der Waals surface area contributed by atoms with Gasteiger partial charge in [0.2, 0.25) is 0 Å². The number of nitrogens with one attached hydrogen (secondary N) is 1. The molecule has 0 aliphatic carbocycles. The molecule has 0 radical (unpaired) electrons. The van der Waals surface area contributed by atoms with Crippen molar-refractivity contribution in [3.8, 4) is 0 Å². The molecule has 1 aromatic rings. The second kappa shape index (κ2) is 6.68. The molecule has 0 unspecified atom stereocenters. The SMILES string of the molecule is C[C@H]1CNCCN1C(=O)c1ccc(F)cc1I.Cl. The summed E-state index contributed by atoms with van der Waals surface area (Å²) in [6.45, 7) is 4.34. The summed E-state index contributed by atoms with van der Waals surface area (Å²) in [4.78, 5) is 14.2. The standard InChI is InChI=1S/C12H14FIN2O.ClH/c1-8-7-15-4-5-16(8)12(17)10-3-2-9(13)6-11(10)14;/h2-3,6,8,15H,4-5,7H2,1H3;1H/t8-;/m0./s1. The highest BCUT2D eigenvalue weighted by molar-refractivity contribution is 14.1. The molecule has 1 aliphatic heterocycles. The van der Waals surface area contributed by atoms with Crippen molar-refractivity contribution in [1.82, 2.24) is 10.2 Å². The van der Waals surface area contributed by atoms with Gasteiger partial charge in [0.05, 0.1) is 5.56 Å². The van der Waals surface area contributed by atoms with Crippen LogP contribution in [0, 0.1) is 9.39 Å². The van der Waals surface area contributed by atoms with Crippen molar-refractivity contribution in [3.05, 3.63) is 33.1 Å². The van der Waals surface area contributed by atoms with Crippen molar-refractivity contribution in [2.75, 3.05) is 19.6 Å². The van der Waals surface area contributed by atoms with Gasteiger partial charge in [-0.25, -0.2) is 4.39 Å². The zero-order valence-corrected chi connectivity index (χ0v) is 12.9. The molecule has 18 heavy (non-hydrogen) atoms. The van der Waals surface area contributed by atoms with Gasteiger partial charge < -0.3 is 10.2 Å². The van der Waals surface area contributed by atoms with Crippen LogP contribution in [0.15, 0.2) is 18.2 Å². The number of carbonyl (C=O) groups is 1. The highest BCUT2D eigenvalue weighted by Crippen LogP contribution is 2.17. The lowest BCUT2D eigenvalue weighted by Crippen LogP contribution is -2.52. The van der Waals surface area contributed by atoms with Crippen LogP contribution in [0.3, 0.4) is 0 Å². The molecule has 0 bridgehead atoms. The minimum Gasteiger partial charge on any atom is -0.333 e. The Morgan fingerprint density at radius 3 is 2.89 bits per heavy atom. The summed E-state index contributed by atoms with van der Waals surface area (Å²) in [7, 11) is 0. The molecule has 0 saturated carbocycles. The molecule has 3 nitrogen and oxygen atoms in total. The molecule has 1 saturated heterocycles. The number of nitrogens with zero attached hydrogens (tertiary/aromatic N) is 1. The van der Waals surface area contributed by atoms with Gasteiger partial charge in [0.25, 0.3) is 5.91 Å². The van der Waals surface area contributed by atoms with Crippen LogP contribution in [0.2, 0.25) is 0 Å². The molecule has 6 heteroatoms. The van der Waals surface area contributed by atoms with Gasteiger partial charge in [0, 0.05) is 29.2 Å². The topological polar surface area (TPSA) is 32.3 Å². The lowest BCUT2D eigenvalue weighted by atomic mass is 10.1. The highest BCUT2D eigenvalue weighted by atomic mass is 127. The number of halogens is 3. The number of hydrogen-bond donors (Lipinski definition) is 1. The fourth-order valence-electron chi connectivity index (χ4n) is 1.96. The maximum absolute atomic E-state index is 13.0. The van der Waals surface area contributed by atoms with E-state index in [1.165, 1.54) is 12.1 Å². The van der Waals surface area contributed by atoms with Crippen LogP contribution in [-0.2, 0) is 0 Å². The molecule has 1 fully saturated rings. The van der Waals surface area contributed by atoms with Crippen molar-refractivity contribution < 1.29 is 9.18 Å². The molecular formula is C12H15ClFIN2O. The number of carbonyl (C=O) groups excluding carboxylic acids is 1. The summed E-state index contributed by atoms with van der Waals surface area (Å²) >= 11 is 2.00. The molecule has 2 rings (SSSR count). The van der Waals surface area contributed by atoms with Gasteiger partial charge in [0.15, 0.2) is 0 Å². The number of hydrogen-bond acceptors (Lipinski definition) is 2. The van der Waals surface area contributed by atoms with Crippen LogP contribution >= 0.6 is 35.0 Å². The first kappa shape index (κ1) is 15.7. The second-order valence-corrected chi connectivity index (χ2v) is 5.34. The van der Waals surface area contributed by atoms with E-state index in [0.717, 1.165) is 13.1 Å². The number of rotatable bonds is 1. The molecule has 1 aromatic carbocycles. The molecule has 1 aliphatic rings. The van der Waals surface area contributed by atoms with E-state index in [4.69, 9.17) is 0 Å². The van der Waals surface area contributed by atoms with Crippen LogP contribution in [0.25, 0.3) is 0 Å². The van der Waals surface area contributed by atoms with E-state index >= 15 is 0 Å². The van der Waals surface area contributed by atoms with Crippen LogP contribution in [0.4, 0.5) is 4.39 Å². The summed E-state index contributed by atoms with van der Waals surface area (Å²) in [5, 5.41) is 3.24. The lowest BCUT2D eigenvalue weighted by Gasteiger charge is -2.34. The third-order valence-electron chi connectivity index (χ3n) is 2.92. The first-order valence-electron chi connectivity index (χ1n) is 5.56. The minimum absolute atomic E-state index is 0. The third-order valence-corrected chi connectivity index (χ3v) is 3.82. The van der Waals surface area contributed by atoms with Gasteiger partial charge in [-0.15, -0.1) is 12.4 Å². The first-order valence-corrected chi connectivity index (χ1v) is 6.64. The fourth-order valence-corrected chi connectivity index (χ4v) is 2.67. The van der Waals surface area contributed by atoms with Crippen LogP contribution < -0.4 is 5.32 Å². The van der Waals surface area contributed by atoms with Crippen LogP contribution in [0.1, 0.15) is 17.3 Å². The predicted octanol–water partition coefficient (Wildman–Crippen LogP) is 2.29. The second-order valence-electron chi connectivity index (χ2n) is 4.18. The Balaban J connectivity index is 0.00000162. The Labute approximate surface area is 126 Å². The van der Waals surface area contributed by atoms with Gasteiger partial charge in [-0.05, 0) is 47.7 Å². The molecule has 1 heterocycles. The summed E-state index contributed by atoms with van der Waals surface area (Å²) in [5.41, 5.74) is 0.584. The zero-order chi connectivity index (χ0) is 12.4. The van der Waals surface area contributed by atoms with E-state index in [-0.39, 0.29) is 30.2 Å².